The number of phenols is 1. The zero-order valence-corrected chi connectivity index (χ0v) is 8.67. The van der Waals surface area contributed by atoms with Crippen LogP contribution in [0.5, 0.6) is 5.75 Å². The van der Waals surface area contributed by atoms with Crippen molar-refractivity contribution in [3.8, 4) is 5.75 Å². The number of hydrogen-bond acceptors (Lipinski definition) is 2. The first kappa shape index (κ1) is 12.4. The topological polar surface area (TPSA) is 40.5 Å². The number of aromatic hydroxyl groups is 1. The summed E-state index contributed by atoms with van der Waals surface area (Å²) in [4.78, 5) is 12.6. The lowest BCUT2D eigenvalue weighted by molar-refractivity contribution is -0.138. The van der Waals surface area contributed by atoms with E-state index >= 15 is 0 Å². The Hall–Kier alpha value is -1.72. The lowest BCUT2D eigenvalue weighted by Crippen LogP contribution is -2.21. The quantitative estimate of drug-likeness (QED) is 0.807. The zero-order valence-electron chi connectivity index (χ0n) is 8.67. The van der Waals surface area contributed by atoms with E-state index in [0.717, 1.165) is 12.1 Å². The second-order valence-electron chi connectivity index (χ2n) is 3.43. The molecule has 0 aliphatic rings. The Labute approximate surface area is 90.1 Å². The van der Waals surface area contributed by atoms with Crippen molar-refractivity contribution in [2.45, 2.75) is 6.18 Å². The maximum Gasteiger partial charge on any atom is 0.419 e. The van der Waals surface area contributed by atoms with Gasteiger partial charge < -0.3 is 10.0 Å². The first-order valence-corrected chi connectivity index (χ1v) is 4.35. The van der Waals surface area contributed by atoms with E-state index in [4.69, 9.17) is 5.11 Å². The molecule has 0 saturated heterocycles. The molecule has 1 rings (SSSR count). The van der Waals surface area contributed by atoms with Crippen molar-refractivity contribution in [1.29, 1.82) is 0 Å². The van der Waals surface area contributed by atoms with Gasteiger partial charge in [0, 0.05) is 19.7 Å². The molecule has 0 spiro atoms. The number of carbonyl (C=O) groups excluding carboxylic acids is 1. The highest BCUT2D eigenvalue weighted by molar-refractivity contribution is 5.94. The molecule has 0 atom stereocenters. The standard InChI is InChI=1S/C10H10F3NO2/c1-14(2)9(16)6-3-4-7(8(15)5-6)10(11,12)13/h3-5,15H,1-2H3. The highest BCUT2D eigenvalue weighted by atomic mass is 19.4. The van der Waals surface area contributed by atoms with Crippen molar-refractivity contribution >= 4 is 5.91 Å². The summed E-state index contributed by atoms with van der Waals surface area (Å²) in [5.74, 6) is -1.41. The molecule has 0 heterocycles. The Morgan fingerprint density at radius 2 is 1.88 bits per heavy atom. The lowest BCUT2D eigenvalue weighted by Gasteiger charge is -2.13. The Bertz CT molecular complexity index is 413. The van der Waals surface area contributed by atoms with E-state index in [1.807, 2.05) is 0 Å². The van der Waals surface area contributed by atoms with Crippen molar-refractivity contribution in [2.24, 2.45) is 0 Å². The molecule has 0 saturated carbocycles. The molecular formula is C10H10F3NO2. The molecule has 0 aliphatic heterocycles. The van der Waals surface area contributed by atoms with Gasteiger partial charge in [-0.25, -0.2) is 0 Å². The van der Waals surface area contributed by atoms with Gasteiger partial charge in [-0.2, -0.15) is 13.2 Å². The van der Waals surface area contributed by atoms with Crippen LogP contribution in [0.15, 0.2) is 18.2 Å². The fraction of sp³-hybridized carbons (Fsp3) is 0.300. The summed E-state index contributed by atoms with van der Waals surface area (Å²) in [7, 11) is 2.94. The van der Waals surface area contributed by atoms with Gasteiger partial charge >= 0.3 is 6.18 Å². The summed E-state index contributed by atoms with van der Waals surface area (Å²) in [5, 5.41) is 9.17. The molecular weight excluding hydrogens is 223 g/mol. The van der Waals surface area contributed by atoms with E-state index in [0.29, 0.717) is 6.07 Å². The normalized spacial score (nSPS) is 11.3. The van der Waals surface area contributed by atoms with Gasteiger partial charge in [0.05, 0.1) is 5.56 Å². The van der Waals surface area contributed by atoms with Crippen molar-refractivity contribution in [3.05, 3.63) is 29.3 Å². The van der Waals surface area contributed by atoms with Crippen LogP contribution in [-0.4, -0.2) is 30.0 Å². The van der Waals surface area contributed by atoms with Gasteiger partial charge in [0.25, 0.3) is 5.91 Å². The summed E-state index contributed by atoms with van der Waals surface area (Å²) < 4.78 is 36.9. The number of carbonyl (C=O) groups is 1. The van der Waals surface area contributed by atoms with Crippen LogP contribution < -0.4 is 0 Å². The molecule has 1 aromatic carbocycles. The van der Waals surface area contributed by atoms with Gasteiger partial charge in [-0.05, 0) is 18.2 Å². The van der Waals surface area contributed by atoms with Crippen molar-refractivity contribution < 1.29 is 23.1 Å². The van der Waals surface area contributed by atoms with E-state index in [-0.39, 0.29) is 5.56 Å². The number of hydrogen-bond donors (Lipinski definition) is 1. The van der Waals surface area contributed by atoms with Crippen LogP contribution in [0.2, 0.25) is 0 Å². The third-order valence-electron chi connectivity index (χ3n) is 1.96. The molecule has 3 nitrogen and oxygen atoms in total. The minimum absolute atomic E-state index is 0.00972. The highest BCUT2D eigenvalue weighted by Crippen LogP contribution is 2.35. The fourth-order valence-electron chi connectivity index (χ4n) is 1.16. The molecule has 1 aromatic rings. The molecule has 1 amide bonds. The van der Waals surface area contributed by atoms with Gasteiger partial charge in [-0.15, -0.1) is 0 Å². The predicted molar refractivity (Wildman–Crippen MR) is 51.1 cm³/mol. The number of phenolic OH excluding ortho intramolecular Hbond substituents is 1. The molecule has 88 valence electrons. The second-order valence-corrected chi connectivity index (χ2v) is 3.43. The van der Waals surface area contributed by atoms with E-state index in [9.17, 15) is 18.0 Å². The van der Waals surface area contributed by atoms with Crippen molar-refractivity contribution in [2.75, 3.05) is 14.1 Å². The minimum Gasteiger partial charge on any atom is -0.507 e. The van der Waals surface area contributed by atoms with Crippen LogP contribution in [0.1, 0.15) is 15.9 Å². The molecule has 16 heavy (non-hydrogen) atoms. The highest BCUT2D eigenvalue weighted by Gasteiger charge is 2.34. The van der Waals surface area contributed by atoms with Crippen molar-refractivity contribution in [3.63, 3.8) is 0 Å². The van der Waals surface area contributed by atoms with Gasteiger partial charge in [-0.3, -0.25) is 4.79 Å². The number of benzene rings is 1. The number of amides is 1. The van der Waals surface area contributed by atoms with Crippen LogP contribution >= 0.6 is 0 Å². The lowest BCUT2D eigenvalue weighted by atomic mass is 10.1. The monoisotopic (exact) mass is 233 g/mol. The van der Waals surface area contributed by atoms with E-state index < -0.39 is 23.4 Å². The molecule has 6 heteroatoms. The van der Waals surface area contributed by atoms with Crippen LogP contribution in [0.25, 0.3) is 0 Å². The molecule has 0 aromatic heterocycles. The largest absolute Gasteiger partial charge is 0.507 e. The summed E-state index contributed by atoms with van der Waals surface area (Å²) in [6, 6.07) is 2.53. The molecule has 0 radical (unpaired) electrons. The zero-order chi connectivity index (χ0) is 12.5. The Morgan fingerprint density at radius 1 is 1.31 bits per heavy atom. The number of rotatable bonds is 1. The maximum atomic E-state index is 12.3. The Balaban J connectivity index is 3.15. The first-order valence-electron chi connectivity index (χ1n) is 4.35. The van der Waals surface area contributed by atoms with Crippen LogP contribution in [-0.2, 0) is 6.18 Å². The molecule has 1 N–H and O–H groups in total. The first-order chi connectivity index (χ1) is 7.23. The van der Waals surface area contributed by atoms with Gasteiger partial charge in [0.2, 0.25) is 0 Å². The Morgan fingerprint density at radius 3 is 2.25 bits per heavy atom. The smallest absolute Gasteiger partial charge is 0.419 e. The van der Waals surface area contributed by atoms with Crippen LogP contribution in [0, 0.1) is 0 Å². The van der Waals surface area contributed by atoms with E-state index in [1.54, 1.807) is 0 Å². The maximum absolute atomic E-state index is 12.3. The summed E-state index contributed by atoms with van der Waals surface area (Å²) in [6.07, 6.45) is -4.62. The number of alkyl halides is 3. The molecule has 0 fully saturated rings. The Kier molecular flexibility index (Phi) is 3.11. The van der Waals surface area contributed by atoms with Gasteiger partial charge in [0.1, 0.15) is 5.75 Å². The molecule has 0 bridgehead atoms. The SMILES string of the molecule is CN(C)C(=O)c1ccc(C(F)(F)F)c(O)c1. The summed E-state index contributed by atoms with van der Waals surface area (Å²) >= 11 is 0. The summed E-state index contributed by atoms with van der Waals surface area (Å²) in [5.41, 5.74) is -1.14. The van der Waals surface area contributed by atoms with Crippen molar-refractivity contribution in [1.82, 2.24) is 4.90 Å². The van der Waals surface area contributed by atoms with E-state index in [1.165, 1.54) is 19.0 Å². The molecule has 0 aliphatic carbocycles. The third kappa shape index (κ3) is 2.44. The van der Waals surface area contributed by atoms with Gasteiger partial charge in [-0.1, -0.05) is 0 Å². The average Bonchev–Trinajstić information content (AvgIpc) is 2.14. The molecule has 0 unspecified atom stereocenters. The minimum atomic E-state index is -4.62. The van der Waals surface area contributed by atoms with E-state index in [2.05, 4.69) is 0 Å². The predicted octanol–water partition coefficient (Wildman–Crippen LogP) is 2.11. The fourth-order valence-corrected chi connectivity index (χ4v) is 1.16. The third-order valence-corrected chi connectivity index (χ3v) is 1.96. The van der Waals surface area contributed by atoms with Crippen LogP contribution in [0.4, 0.5) is 13.2 Å². The second kappa shape index (κ2) is 4.03. The summed E-state index contributed by atoms with van der Waals surface area (Å²) in [6.45, 7) is 0. The number of nitrogens with zero attached hydrogens (tertiary/aromatic N) is 1. The van der Waals surface area contributed by atoms with Gasteiger partial charge in [0.15, 0.2) is 0 Å². The average molecular weight is 233 g/mol. The van der Waals surface area contributed by atoms with Crippen LogP contribution in [0.3, 0.4) is 0 Å². The number of halogens is 3.